The van der Waals surface area contributed by atoms with Gasteiger partial charge in [0.05, 0.1) is 17.5 Å². The molecule has 1 amide bonds. The number of aryl methyl sites for hydroxylation is 1. The molecule has 1 heterocycles. The molecule has 1 saturated heterocycles. The van der Waals surface area contributed by atoms with E-state index < -0.39 is 15.9 Å². The van der Waals surface area contributed by atoms with Crippen molar-refractivity contribution in [1.82, 2.24) is 4.90 Å². The number of carbonyl (C=O) groups is 1. The van der Waals surface area contributed by atoms with Crippen LogP contribution in [0.25, 0.3) is 0 Å². The maximum atomic E-state index is 12.3. The van der Waals surface area contributed by atoms with Crippen molar-refractivity contribution in [2.24, 2.45) is 5.73 Å². The summed E-state index contributed by atoms with van der Waals surface area (Å²) in [4.78, 5) is 14.0. The molecule has 0 saturated carbocycles. The fraction of sp³-hybridized carbons (Fsp3) is 0.533. The monoisotopic (exact) mass is 310 g/mol. The molecule has 1 fully saturated rings. The first-order chi connectivity index (χ1) is 9.89. The van der Waals surface area contributed by atoms with Gasteiger partial charge in [-0.05, 0) is 25.3 Å². The van der Waals surface area contributed by atoms with Gasteiger partial charge in [-0.3, -0.25) is 4.79 Å². The first-order valence-corrected chi connectivity index (χ1v) is 9.01. The molecule has 1 aliphatic heterocycles. The van der Waals surface area contributed by atoms with E-state index in [9.17, 15) is 13.2 Å². The highest BCUT2D eigenvalue weighted by atomic mass is 32.2. The molecule has 0 aliphatic carbocycles. The Hall–Kier alpha value is -1.40. The zero-order chi connectivity index (χ0) is 15.5. The van der Waals surface area contributed by atoms with Gasteiger partial charge < -0.3 is 10.6 Å². The van der Waals surface area contributed by atoms with E-state index in [0.29, 0.717) is 6.42 Å². The minimum absolute atomic E-state index is 0.0319. The van der Waals surface area contributed by atoms with E-state index in [1.807, 2.05) is 30.3 Å². The lowest BCUT2D eigenvalue weighted by Crippen LogP contribution is -2.54. The number of hydrogen-bond donors (Lipinski definition) is 1. The van der Waals surface area contributed by atoms with E-state index >= 15 is 0 Å². The molecule has 5 nitrogen and oxygen atoms in total. The molecule has 1 aromatic rings. The molecule has 0 spiro atoms. The Morgan fingerprint density at radius 1 is 1.38 bits per heavy atom. The van der Waals surface area contributed by atoms with Crippen LogP contribution in [0.2, 0.25) is 0 Å². The van der Waals surface area contributed by atoms with Crippen LogP contribution in [0.5, 0.6) is 0 Å². The van der Waals surface area contributed by atoms with Crippen LogP contribution >= 0.6 is 0 Å². The second-order valence-electron chi connectivity index (χ2n) is 5.63. The minimum atomic E-state index is -3.01. The molecule has 2 atom stereocenters. The van der Waals surface area contributed by atoms with Crippen molar-refractivity contribution in [2.75, 3.05) is 18.1 Å². The fourth-order valence-electron chi connectivity index (χ4n) is 2.63. The van der Waals surface area contributed by atoms with Gasteiger partial charge in [0.2, 0.25) is 5.91 Å². The summed E-state index contributed by atoms with van der Waals surface area (Å²) in [5.41, 5.74) is 7.13. The molecule has 1 aliphatic rings. The van der Waals surface area contributed by atoms with Crippen molar-refractivity contribution in [1.29, 1.82) is 0 Å². The summed E-state index contributed by atoms with van der Waals surface area (Å²) in [6.07, 6.45) is 1.31. The van der Waals surface area contributed by atoms with Gasteiger partial charge >= 0.3 is 0 Å². The van der Waals surface area contributed by atoms with Crippen LogP contribution < -0.4 is 5.73 Å². The van der Waals surface area contributed by atoms with Crippen molar-refractivity contribution in [3.63, 3.8) is 0 Å². The predicted octanol–water partition coefficient (Wildman–Crippen LogP) is 0.592. The lowest BCUT2D eigenvalue weighted by atomic mass is 10.0. The molecule has 1 unspecified atom stereocenters. The molecule has 0 radical (unpaired) electrons. The lowest BCUT2D eigenvalue weighted by Gasteiger charge is -2.34. The Bertz CT molecular complexity index is 586. The third-order valence-electron chi connectivity index (χ3n) is 3.86. The number of nitrogens with two attached hydrogens (primary N) is 1. The Balaban J connectivity index is 1.90. The molecule has 2 rings (SSSR count). The van der Waals surface area contributed by atoms with Crippen LogP contribution in [0.1, 0.15) is 18.9 Å². The molecule has 1 aromatic carbocycles. The zero-order valence-corrected chi connectivity index (χ0v) is 13.1. The van der Waals surface area contributed by atoms with Crippen molar-refractivity contribution in [3.8, 4) is 0 Å². The summed E-state index contributed by atoms with van der Waals surface area (Å²) in [5, 5.41) is 0. The molecule has 6 heteroatoms. The molecule has 116 valence electrons. The maximum Gasteiger partial charge on any atom is 0.239 e. The largest absolute Gasteiger partial charge is 0.337 e. The van der Waals surface area contributed by atoms with Crippen molar-refractivity contribution >= 4 is 15.7 Å². The normalized spacial score (nSPS) is 22.8. The minimum Gasteiger partial charge on any atom is -0.337 e. The lowest BCUT2D eigenvalue weighted by molar-refractivity contribution is -0.134. The Kier molecular flexibility index (Phi) is 5.00. The number of carbonyl (C=O) groups excluding carboxylic acids is 1. The highest BCUT2D eigenvalue weighted by Gasteiger charge is 2.33. The zero-order valence-electron chi connectivity index (χ0n) is 12.2. The second-order valence-corrected chi connectivity index (χ2v) is 7.85. The van der Waals surface area contributed by atoms with Gasteiger partial charge in [-0.15, -0.1) is 0 Å². The Morgan fingerprint density at radius 2 is 2.05 bits per heavy atom. The third kappa shape index (κ3) is 4.28. The van der Waals surface area contributed by atoms with E-state index in [1.54, 1.807) is 11.8 Å². The van der Waals surface area contributed by atoms with Crippen LogP contribution in [0.15, 0.2) is 30.3 Å². The average molecular weight is 310 g/mol. The van der Waals surface area contributed by atoms with Gasteiger partial charge in [0.25, 0.3) is 0 Å². The van der Waals surface area contributed by atoms with E-state index in [1.165, 1.54) is 0 Å². The first-order valence-electron chi connectivity index (χ1n) is 7.19. The topological polar surface area (TPSA) is 80.5 Å². The number of amides is 1. The van der Waals surface area contributed by atoms with E-state index in [2.05, 4.69) is 0 Å². The number of nitrogens with zero attached hydrogens (tertiary/aromatic N) is 1. The van der Waals surface area contributed by atoms with Gasteiger partial charge in [0.15, 0.2) is 9.84 Å². The fourth-order valence-corrected chi connectivity index (χ4v) is 4.19. The Labute approximate surface area is 126 Å². The quantitative estimate of drug-likeness (QED) is 0.883. The number of sulfone groups is 1. The van der Waals surface area contributed by atoms with Crippen molar-refractivity contribution in [3.05, 3.63) is 35.9 Å². The molecule has 0 bridgehead atoms. The number of benzene rings is 1. The highest BCUT2D eigenvalue weighted by molar-refractivity contribution is 7.91. The molecule has 0 aromatic heterocycles. The summed E-state index contributed by atoms with van der Waals surface area (Å²) < 4.78 is 23.1. The molecular formula is C15H22N2O3S. The summed E-state index contributed by atoms with van der Waals surface area (Å²) in [7, 11) is -3.01. The van der Waals surface area contributed by atoms with Crippen LogP contribution in [-0.4, -0.2) is 49.4 Å². The summed E-state index contributed by atoms with van der Waals surface area (Å²) >= 11 is 0. The van der Waals surface area contributed by atoms with E-state index in [4.69, 9.17) is 5.73 Å². The number of rotatable bonds is 4. The smallest absolute Gasteiger partial charge is 0.239 e. The van der Waals surface area contributed by atoms with Gasteiger partial charge in [0, 0.05) is 12.6 Å². The molecule has 2 N–H and O–H groups in total. The SMILES string of the molecule is CC1CS(=O)(=O)CCN1C(=O)[C@@H](N)CCc1ccccc1. The van der Waals surface area contributed by atoms with Crippen LogP contribution in [0.3, 0.4) is 0 Å². The Morgan fingerprint density at radius 3 is 2.67 bits per heavy atom. The third-order valence-corrected chi connectivity index (χ3v) is 5.65. The van der Waals surface area contributed by atoms with Gasteiger partial charge in [-0.1, -0.05) is 30.3 Å². The summed E-state index contributed by atoms with van der Waals surface area (Å²) in [5.74, 6) is -0.0770. The molecule has 21 heavy (non-hydrogen) atoms. The van der Waals surface area contributed by atoms with Crippen molar-refractivity contribution < 1.29 is 13.2 Å². The maximum absolute atomic E-state index is 12.3. The van der Waals surface area contributed by atoms with E-state index in [0.717, 1.165) is 12.0 Å². The van der Waals surface area contributed by atoms with Gasteiger partial charge in [-0.2, -0.15) is 0 Å². The van der Waals surface area contributed by atoms with Crippen LogP contribution in [0, 0.1) is 0 Å². The number of hydrogen-bond acceptors (Lipinski definition) is 4. The highest BCUT2D eigenvalue weighted by Crippen LogP contribution is 2.14. The summed E-state index contributed by atoms with van der Waals surface area (Å²) in [6.45, 7) is 2.01. The summed E-state index contributed by atoms with van der Waals surface area (Å²) in [6, 6.07) is 9.01. The standard InChI is InChI=1S/C15H22N2O3S/c1-12-11-21(19,20)10-9-17(12)15(18)14(16)8-7-13-5-3-2-4-6-13/h2-6,12,14H,7-11,16H2,1H3/t12?,14-/m0/s1. The van der Waals surface area contributed by atoms with Crippen LogP contribution in [-0.2, 0) is 21.1 Å². The second kappa shape index (κ2) is 6.58. The van der Waals surface area contributed by atoms with E-state index in [-0.39, 0.29) is 30.0 Å². The first kappa shape index (κ1) is 16.0. The predicted molar refractivity (Wildman–Crippen MR) is 82.6 cm³/mol. The van der Waals surface area contributed by atoms with Crippen molar-refractivity contribution in [2.45, 2.75) is 31.8 Å². The van der Waals surface area contributed by atoms with Crippen LogP contribution in [0.4, 0.5) is 0 Å². The van der Waals surface area contributed by atoms with Gasteiger partial charge in [0.1, 0.15) is 0 Å². The van der Waals surface area contributed by atoms with Gasteiger partial charge in [-0.25, -0.2) is 8.42 Å². The average Bonchev–Trinajstić information content (AvgIpc) is 2.44. The molecular weight excluding hydrogens is 288 g/mol.